The summed E-state index contributed by atoms with van der Waals surface area (Å²) in [7, 11) is 0. The summed E-state index contributed by atoms with van der Waals surface area (Å²) in [4.78, 5) is 0. The number of aliphatic hydroxyl groups is 1. The Morgan fingerprint density at radius 3 is 2.26 bits per heavy atom. The van der Waals surface area contributed by atoms with Crippen molar-refractivity contribution in [2.75, 3.05) is 0 Å². The Morgan fingerprint density at radius 2 is 1.74 bits per heavy atom. The molecule has 1 atom stereocenters. The lowest BCUT2D eigenvalue weighted by atomic mass is 9.78. The molecular weight excluding hydrogens is 236 g/mol. The van der Waals surface area contributed by atoms with Crippen LogP contribution in [-0.2, 0) is 11.2 Å². The number of ether oxygens (including phenoxy) is 1. The predicted molar refractivity (Wildman–Crippen MR) is 78.2 cm³/mol. The van der Waals surface area contributed by atoms with Gasteiger partial charge in [0.25, 0.3) is 0 Å². The van der Waals surface area contributed by atoms with Crippen molar-refractivity contribution in [3.05, 3.63) is 35.9 Å². The third-order valence-corrected chi connectivity index (χ3v) is 4.27. The summed E-state index contributed by atoms with van der Waals surface area (Å²) >= 11 is 0. The van der Waals surface area contributed by atoms with E-state index >= 15 is 0 Å². The summed E-state index contributed by atoms with van der Waals surface area (Å²) in [5.74, 6) is 0. The molecule has 2 rings (SSSR count). The van der Waals surface area contributed by atoms with Gasteiger partial charge in [-0.2, -0.15) is 0 Å². The van der Waals surface area contributed by atoms with E-state index in [2.05, 4.69) is 38.1 Å². The van der Waals surface area contributed by atoms with Crippen molar-refractivity contribution in [1.29, 1.82) is 0 Å². The van der Waals surface area contributed by atoms with Crippen LogP contribution in [0.25, 0.3) is 0 Å². The van der Waals surface area contributed by atoms with E-state index in [4.69, 9.17) is 4.74 Å². The summed E-state index contributed by atoms with van der Waals surface area (Å²) < 4.78 is 6.00. The molecule has 1 heterocycles. The lowest BCUT2D eigenvalue weighted by Gasteiger charge is -2.35. The fourth-order valence-corrected chi connectivity index (χ4v) is 3.36. The lowest BCUT2D eigenvalue weighted by molar-refractivity contribution is -0.129. The third kappa shape index (κ3) is 3.18. The number of benzene rings is 1. The Hall–Kier alpha value is -0.860. The van der Waals surface area contributed by atoms with Gasteiger partial charge in [0.1, 0.15) is 0 Å². The minimum atomic E-state index is -0.717. The highest BCUT2D eigenvalue weighted by molar-refractivity contribution is 5.15. The Labute approximate surface area is 116 Å². The fourth-order valence-electron chi connectivity index (χ4n) is 3.36. The molecule has 1 unspecified atom stereocenters. The molecule has 1 aliphatic heterocycles. The van der Waals surface area contributed by atoms with E-state index in [1.54, 1.807) is 0 Å². The molecule has 0 spiro atoms. The van der Waals surface area contributed by atoms with Gasteiger partial charge >= 0.3 is 0 Å². The van der Waals surface area contributed by atoms with Crippen LogP contribution in [0.3, 0.4) is 0 Å². The first-order valence-electron chi connectivity index (χ1n) is 7.21. The second kappa shape index (κ2) is 4.92. The smallest absolute Gasteiger partial charge is 0.0958 e. The molecule has 1 saturated heterocycles. The van der Waals surface area contributed by atoms with Gasteiger partial charge in [-0.25, -0.2) is 0 Å². The van der Waals surface area contributed by atoms with E-state index in [1.807, 2.05) is 19.9 Å². The Morgan fingerprint density at radius 1 is 1.11 bits per heavy atom. The first kappa shape index (κ1) is 14.5. The molecule has 19 heavy (non-hydrogen) atoms. The number of hydrogen-bond donors (Lipinski definition) is 1. The van der Waals surface area contributed by atoms with Crippen LogP contribution in [0, 0.1) is 0 Å². The van der Waals surface area contributed by atoms with E-state index in [0.717, 1.165) is 19.3 Å². The lowest BCUT2D eigenvalue weighted by Crippen LogP contribution is -2.46. The first-order valence-corrected chi connectivity index (χ1v) is 7.21. The second-order valence-corrected chi connectivity index (χ2v) is 6.92. The molecule has 0 radical (unpaired) electrons. The van der Waals surface area contributed by atoms with Crippen LogP contribution < -0.4 is 0 Å². The van der Waals surface area contributed by atoms with Gasteiger partial charge in [0.05, 0.1) is 16.8 Å². The average Bonchev–Trinajstić information content (AvgIpc) is 2.44. The molecular formula is C17H26O2. The van der Waals surface area contributed by atoms with Crippen molar-refractivity contribution in [3.63, 3.8) is 0 Å². The summed E-state index contributed by atoms with van der Waals surface area (Å²) in [6, 6.07) is 10.5. The van der Waals surface area contributed by atoms with Crippen LogP contribution in [0.1, 0.15) is 52.5 Å². The van der Waals surface area contributed by atoms with Gasteiger partial charge in [-0.15, -0.1) is 0 Å². The number of hydrogen-bond acceptors (Lipinski definition) is 2. The molecule has 1 aromatic carbocycles. The maximum Gasteiger partial charge on any atom is 0.0958 e. The Kier molecular flexibility index (Phi) is 3.76. The van der Waals surface area contributed by atoms with Crippen molar-refractivity contribution in [1.82, 2.24) is 0 Å². The summed E-state index contributed by atoms with van der Waals surface area (Å²) in [6.07, 6.45) is 3.50. The molecule has 2 heteroatoms. The van der Waals surface area contributed by atoms with E-state index < -0.39 is 11.2 Å². The maximum atomic E-state index is 10.9. The summed E-state index contributed by atoms with van der Waals surface area (Å²) in [5.41, 5.74) is -0.0780. The summed E-state index contributed by atoms with van der Waals surface area (Å²) in [5, 5.41) is 10.9. The largest absolute Gasteiger partial charge is 0.387 e. The summed E-state index contributed by atoms with van der Waals surface area (Å²) in [6.45, 7) is 8.13. The van der Waals surface area contributed by atoms with Crippen LogP contribution in [0.2, 0.25) is 0 Å². The van der Waals surface area contributed by atoms with E-state index in [9.17, 15) is 5.11 Å². The highest BCUT2D eigenvalue weighted by Crippen LogP contribution is 2.47. The van der Waals surface area contributed by atoms with Gasteiger partial charge in [-0.05, 0) is 52.5 Å². The SMILES string of the molecule is CC1(C)CC(O)(CCCc2ccccc2)C(C)(C)O1. The third-order valence-electron chi connectivity index (χ3n) is 4.27. The van der Waals surface area contributed by atoms with Gasteiger partial charge < -0.3 is 9.84 Å². The van der Waals surface area contributed by atoms with Crippen LogP contribution in [0.15, 0.2) is 30.3 Å². The molecule has 106 valence electrons. The normalized spacial score (nSPS) is 28.5. The molecule has 1 fully saturated rings. The standard InChI is InChI=1S/C17H26O2/c1-15(2)13-17(18,16(3,4)19-15)12-8-11-14-9-6-5-7-10-14/h5-7,9-10,18H,8,11-13H2,1-4H3. The van der Waals surface area contributed by atoms with Crippen molar-refractivity contribution in [2.24, 2.45) is 0 Å². The van der Waals surface area contributed by atoms with E-state index in [-0.39, 0.29) is 5.60 Å². The molecule has 1 aliphatic rings. The fraction of sp³-hybridized carbons (Fsp3) is 0.647. The predicted octanol–water partition coefficient (Wildman–Crippen LogP) is 3.72. The van der Waals surface area contributed by atoms with Crippen LogP contribution in [-0.4, -0.2) is 21.9 Å². The topological polar surface area (TPSA) is 29.5 Å². The number of aryl methyl sites for hydroxylation is 1. The van der Waals surface area contributed by atoms with Gasteiger partial charge in [0, 0.05) is 6.42 Å². The highest BCUT2D eigenvalue weighted by Gasteiger charge is 2.55. The van der Waals surface area contributed by atoms with E-state index in [1.165, 1.54) is 5.56 Å². The van der Waals surface area contributed by atoms with Gasteiger partial charge in [-0.1, -0.05) is 30.3 Å². The van der Waals surface area contributed by atoms with Crippen molar-refractivity contribution < 1.29 is 9.84 Å². The quantitative estimate of drug-likeness (QED) is 0.896. The zero-order valence-corrected chi connectivity index (χ0v) is 12.6. The average molecular weight is 262 g/mol. The monoisotopic (exact) mass is 262 g/mol. The van der Waals surface area contributed by atoms with Crippen molar-refractivity contribution in [3.8, 4) is 0 Å². The molecule has 0 aliphatic carbocycles. The molecule has 0 saturated carbocycles. The van der Waals surface area contributed by atoms with Crippen LogP contribution in [0.4, 0.5) is 0 Å². The molecule has 1 aromatic rings. The van der Waals surface area contributed by atoms with Crippen molar-refractivity contribution >= 4 is 0 Å². The highest BCUT2D eigenvalue weighted by atomic mass is 16.5. The zero-order valence-electron chi connectivity index (χ0n) is 12.6. The maximum absolute atomic E-state index is 10.9. The van der Waals surface area contributed by atoms with Gasteiger partial charge in [0.2, 0.25) is 0 Å². The Balaban J connectivity index is 1.95. The Bertz CT molecular complexity index is 422. The molecule has 0 bridgehead atoms. The van der Waals surface area contributed by atoms with E-state index in [0.29, 0.717) is 6.42 Å². The van der Waals surface area contributed by atoms with Gasteiger partial charge in [0.15, 0.2) is 0 Å². The van der Waals surface area contributed by atoms with Crippen molar-refractivity contribution in [2.45, 2.75) is 70.2 Å². The van der Waals surface area contributed by atoms with Crippen LogP contribution >= 0.6 is 0 Å². The number of rotatable bonds is 4. The molecule has 2 nitrogen and oxygen atoms in total. The minimum Gasteiger partial charge on any atom is -0.387 e. The minimum absolute atomic E-state index is 0.231. The second-order valence-electron chi connectivity index (χ2n) is 6.92. The molecule has 0 amide bonds. The van der Waals surface area contributed by atoms with Crippen LogP contribution in [0.5, 0.6) is 0 Å². The van der Waals surface area contributed by atoms with Gasteiger partial charge in [-0.3, -0.25) is 0 Å². The molecule has 1 N–H and O–H groups in total. The molecule has 0 aromatic heterocycles. The first-order chi connectivity index (χ1) is 8.74. The zero-order chi connectivity index (χ0) is 14.1.